The number of nitrogens with one attached hydrogen (secondary N) is 2. The zero-order valence-electron chi connectivity index (χ0n) is 14.5. The molecule has 0 aliphatic carbocycles. The van der Waals surface area contributed by atoms with E-state index in [1.165, 1.54) is 29.2 Å². The van der Waals surface area contributed by atoms with Crippen LogP contribution >= 0.6 is 23.1 Å². The first kappa shape index (κ1) is 19.2. The summed E-state index contributed by atoms with van der Waals surface area (Å²) in [6.45, 7) is 3.71. The molecule has 0 radical (unpaired) electrons. The highest BCUT2D eigenvalue weighted by atomic mass is 32.2. The molecule has 2 aromatic carbocycles. The number of thioether (sulfide) groups is 1. The number of halogens is 2. The summed E-state index contributed by atoms with van der Waals surface area (Å²) in [5, 5.41) is 14.0. The monoisotopic (exact) mass is 406 g/mol. The molecule has 1 amide bonds. The van der Waals surface area contributed by atoms with Gasteiger partial charge >= 0.3 is 0 Å². The lowest BCUT2D eigenvalue weighted by Crippen LogP contribution is -2.22. The second-order valence-electron chi connectivity index (χ2n) is 5.74. The number of nitrogens with zero attached hydrogens (tertiary/aromatic N) is 2. The highest BCUT2D eigenvalue weighted by molar-refractivity contribution is 8.02. The third-order valence-electron chi connectivity index (χ3n) is 3.54. The van der Waals surface area contributed by atoms with Crippen molar-refractivity contribution in [1.82, 2.24) is 10.2 Å². The maximum Gasteiger partial charge on any atom is 0.237 e. The summed E-state index contributed by atoms with van der Waals surface area (Å²) in [5.41, 5.74) is 2.26. The number of aromatic nitrogens is 2. The number of amides is 1. The molecule has 27 heavy (non-hydrogen) atoms. The molecule has 9 heteroatoms. The molecule has 1 unspecified atom stereocenters. The lowest BCUT2D eigenvalue weighted by atomic mass is 10.2. The highest BCUT2D eigenvalue weighted by Crippen LogP contribution is 2.31. The summed E-state index contributed by atoms with van der Waals surface area (Å²) in [6.07, 6.45) is 0. The molecule has 0 saturated carbocycles. The Morgan fingerprint density at radius 3 is 2.48 bits per heavy atom. The van der Waals surface area contributed by atoms with Crippen LogP contribution in [0.3, 0.4) is 0 Å². The number of carbonyl (C=O) groups is 1. The van der Waals surface area contributed by atoms with Crippen LogP contribution in [0.2, 0.25) is 0 Å². The van der Waals surface area contributed by atoms with Crippen molar-refractivity contribution in [3.8, 4) is 0 Å². The van der Waals surface area contributed by atoms with Crippen molar-refractivity contribution < 1.29 is 13.6 Å². The SMILES string of the molecule is Cc1ccc(Nc2nnc(SC(C)C(=O)Nc3ccc(F)c(F)c3)s2)cc1. The van der Waals surface area contributed by atoms with E-state index in [1.807, 2.05) is 31.2 Å². The van der Waals surface area contributed by atoms with Gasteiger partial charge in [-0.25, -0.2) is 8.78 Å². The summed E-state index contributed by atoms with van der Waals surface area (Å²) in [5.74, 6) is -2.31. The van der Waals surface area contributed by atoms with Crippen molar-refractivity contribution in [3.63, 3.8) is 0 Å². The van der Waals surface area contributed by atoms with Crippen LogP contribution in [0.15, 0.2) is 46.8 Å². The Balaban J connectivity index is 1.58. The second-order valence-corrected chi connectivity index (χ2v) is 8.31. The van der Waals surface area contributed by atoms with Gasteiger partial charge in [0, 0.05) is 17.4 Å². The zero-order valence-corrected chi connectivity index (χ0v) is 16.1. The first-order valence-corrected chi connectivity index (χ1v) is 9.70. The van der Waals surface area contributed by atoms with E-state index in [1.54, 1.807) is 6.92 Å². The maximum absolute atomic E-state index is 13.2. The fraction of sp³-hybridized carbons (Fsp3) is 0.167. The largest absolute Gasteiger partial charge is 0.330 e. The maximum atomic E-state index is 13.2. The van der Waals surface area contributed by atoms with Gasteiger partial charge in [-0.05, 0) is 38.1 Å². The van der Waals surface area contributed by atoms with Crippen LogP contribution in [0, 0.1) is 18.6 Å². The number of anilines is 3. The Morgan fingerprint density at radius 2 is 1.78 bits per heavy atom. The Hall–Kier alpha value is -2.52. The second kappa shape index (κ2) is 8.45. The van der Waals surface area contributed by atoms with E-state index < -0.39 is 16.9 Å². The highest BCUT2D eigenvalue weighted by Gasteiger charge is 2.18. The molecule has 0 bridgehead atoms. The van der Waals surface area contributed by atoms with Crippen LogP contribution in [0.25, 0.3) is 0 Å². The topological polar surface area (TPSA) is 66.9 Å². The quantitative estimate of drug-likeness (QED) is 0.565. The van der Waals surface area contributed by atoms with Gasteiger partial charge in [-0.15, -0.1) is 10.2 Å². The van der Waals surface area contributed by atoms with Crippen LogP contribution < -0.4 is 10.6 Å². The molecular formula is C18H16F2N4OS2. The lowest BCUT2D eigenvalue weighted by Gasteiger charge is -2.10. The Labute approximate surface area is 163 Å². The summed E-state index contributed by atoms with van der Waals surface area (Å²) in [4.78, 5) is 12.2. The number of benzene rings is 2. The van der Waals surface area contributed by atoms with Gasteiger partial charge in [0.05, 0.1) is 5.25 Å². The smallest absolute Gasteiger partial charge is 0.237 e. The Morgan fingerprint density at radius 1 is 1.07 bits per heavy atom. The van der Waals surface area contributed by atoms with Crippen molar-refractivity contribution >= 4 is 45.5 Å². The van der Waals surface area contributed by atoms with Gasteiger partial charge < -0.3 is 10.6 Å². The fourth-order valence-corrected chi connectivity index (χ4v) is 4.01. The number of rotatable bonds is 6. The minimum Gasteiger partial charge on any atom is -0.330 e. The first-order valence-electron chi connectivity index (χ1n) is 8.00. The molecule has 140 valence electrons. The Kier molecular flexibility index (Phi) is 6.02. The predicted octanol–water partition coefficient (Wildman–Crippen LogP) is 4.99. The van der Waals surface area contributed by atoms with E-state index >= 15 is 0 Å². The molecule has 0 fully saturated rings. The minimum absolute atomic E-state index is 0.199. The summed E-state index contributed by atoms with van der Waals surface area (Å²) in [7, 11) is 0. The van der Waals surface area contributed by atoms with Gasteiger partial charge in [0.15, 0.2) is 16.0 Å². The van der Waals surface area contributed by atoms with Crippen molar-refractivity contribution in [2.24, 2.45) is 0 Å². The van der Waals surface area contributed by atoms with Gasteiger partial charge in [-0.3, -0.25) is 4.79 Å². The van der Waals surface area contributed by atoms with Crippen LogP contribution in [-0.4, -0.2) is 21.4 Å². The molecule has 3 rings (SSSR count). The van der Waals surface area contributed by atoms with Crippen LogP contribution in [-0.2, 0) is 4.79 Å². The number of aryl methyl sites for hydroxylation is 1. The number of carbonyl (C=O) groups excluding carboxylic acids is 1. The molecule has 5 nitrogen and oxygen atoms in total. The van der Waals surface area contributed by atoms with Gasteiger partial charge in [-0.1, -0.05) is 40.8 Å². The van der Waals surface area contributed by atoms with Crippen LogP contribution in [0.5, 0.6) is 0 Å². The van der Waals surface area contributed by atoms with Gasteiger partial charge in [0.25, 0.3) is 0 Å². The molecule has 1 heterocycles. The molecule has 1 atom stereocenters. The molecule has 0 aliphatic heterocycles. The lowest BCUT2D eigenvalue weighted by molar-refractivity contribution is -0.115. The summed E-state index contributed by atoms with van der Waals surface area (Å²) < 4.78 is 26.8. The van der Waals surface area contributed by atoms with E-state index in [-0.39, 0.29) is 11.6 Å². The van der Waals surface area contributed by atoms with E-state index in [0.29, 0.717) is 9.47 Å². The molecule has 0 spiro atoms. The molecule has 3 aromatic rings. The van der Waals surface area contributed by atoms with E-state index in [9.17, 15) is 13.6 Å². The molecular weight excluding hydrogens is 390 g/mol. The number of hydrogen-bond donors (Lipinski definition) is 2. The number of hydrogen-bond acceptors (Lipinski definition) is 6. The first-order chi connectivity index (χ1) is 12.9. The van der Waals surface area contributed by atoms with Gasteiger partial charge in [0.1, 0.15) is 0 Å². The third-order valence-corrected chi connectivity index (χ3v) is 5.57. The van der Waals surface area contributed by atoms with Crippen molar-refractivity contribution in [2.45, 2.75) is 23.4 Å². The van der Waals surface area contributed by atoms with Crippen LogP contribution in [0.1, 0.15) is 12.5 Å². The predicted molar refractivity (Wildman–Crippen MR) is 105 cm³/mol. The van der Waals surface area contributed by atoms with E-state index in [0.717, 1.165) is 23.4 Å². The van der Waals surface area contributed by atoms with Crippen molar-refractivity contribution in [3.05, 3.63) is 59.7 Å². The van der Waals surface area contributed by atoms with Crippen LogP contribution in [0.4, 0.5) is 25.3 Å². The standard InChI is InChI=1S/C18H16F2N4OS2/c1-10-3-5-12(6-4-10)22-17-23-24-18(27-17)26-11(2)16(25)21-13-7-8-14(19)15(20)9-13/h3-9,11H,1-2H3,(H,21,25)(H,22,23). The van der Waals surface area contributed by atoms with Crippen molar-refractivity contribution in [1.29, 1.82) is 0 Å². The molecule has 2 N–H and O–H groups in total. The van der Waals surface area contributed by atoms with E-state index in [4.69, 9.17) is 0 Å². The third kappa shape index (κ3) is 5.24. The van der Waals surface area contributed by atoms with Crippen molar-refractivity contribution in [2.75, 3.05) is 10.6 Å². The van der Waals surface area contributed by atoms with E-state index in [2.05, 4.69) is 20.8 Å². The zero-order chi connectivity index (χ0) is 19.4. The molecule has 0 aliphatic rings. The molecule has 0 saturated heterocycles. The normalized spacial score (nSPS) is 11.9. The average molecular weight is 406 g/mol. The Bertz CT molecular complexity index is 947. The minimum atomic E-state index is -1.01. The average Bonchev–Trinajstić information content (AvgIpc) is 3.07. The summed E-state index contributed by atoms with van der Waals surface area (Å²) in [6, 6.07) is 11.1. The van der Waals surface area contributed by atoms with Gasteiger partial charge in [0.2, 0.25) is 11.0 Å². The molecule has 1 aromatic heterocycles. The van der Waals surface area contributed by atoms with Gasteiger partial charge in [-0.2, -0.15) is 0 Å². The summed E-state index contributed by atoms with van der Waals surface area (Å²) >= 11 is 2.57. The fourth-order valence-electron chi connectivity index (χ4n) is 2.09.